The maximum absolute atomic E-state index is 12.5. The van der Waals surface area contributed by atoms with E-state index in [2.05, 4.69) is 50.7 Å². The van der Waals surface area contributed by atoms with Crippen molar-refractivity contribution in [3.63, 3.8) is 0 Å². The lowest BCUT2D eigenvalue weighted by Crippen LogP contribution is -2.42. The second-order valence-corrected chi connectivity index (χ2v) is 7.97. The molecule has 2 aromatic rings. The van der Waals surface area contributed by atoms with Crippen LogP contribution in [0.25, 0.3) is 0 Å². The number of rotatable bonds is 7. The van der Waals surface area contributed by atoms with E-state index in [-0.39, 0.29) is 11.9 Å². The van der Waals surface area contributed by atoms with Gasteiger partial charge in [-0.3, -0.25) is 20.3 Å². The van der Waals surface area contributed by atoms with Gasteiger partial charge < -0.3 is 5.32 Å². The first-order valence-electron chi connectivity index (χ1n) is 10.5. The first-order valence-corrected chi connectivity index (χ1v) is 10.5. The number of hydrogen-bond donors (Lipinski definition) is 3. The summed E-state index contributed by atoms with van der Waals surface area (Å²) in [6.45, 7) is 1.38. The molecule has 2 fully saturated rings. The van der Waals surface area contributed by atoms with Crippen LogP contribution in [0, 0.1) is 5.92 Å². The number of fused-ring (bicyclic) bond motifs is 1. The van der Waals surface area contributed by atoms with Crippen molar-refractivity contribution in [3.05, 3.63) is 47.8 Å². The van der Waals surface area contributed by atoms with Gasteiger partial charge in [-0.15, -0.1) is 5.10 Å². The molecule has 0 radical (unpaired) electrons. The summed E-state index contributed by atoms with van der Waals surface area (Å²) in [5, 5.41) is 11.2. The second kappa shape index (κ2) is 9.30. The molecule has 28 heavy (non-hydrogen) atoms. The van der Waals surface area contributed by atoms with Crippen molar-refractivity contribution >= 4 is 5.91 Å². The Morgan fingerprint density at radius 3 is 2.89 bits per heavy atom. The van der Waals surface area contributed by atoms with Crippen LogP contribution in [0.2, 0.25) is 0 Å². The van der Waals surface area contributed by atoms with Gasteiger partial charge in [-0.2, -0.15) is 0 Å². The smallest absolute Gasteiger partial charge is 0.273 e. The molecule has 1 aromatic heterocycles. The van der Waals surface area contributed by atoms with Gasteiger partial charge in [-0.25, -0.2) is 0 Å². The summed E-state index contributed by atoms with van der Waals surface area (Å²) in [6.07, 6.45) is 10.0. The number of carbonyl (C=O) groups is 1. The normalized spacial score (nSPS) is 24.5. The molecule has 7 heteroatoms. The van der Waals surface area contributed by atoms with E-state index in [9.17, 15) is 4.79 Å². The number of amides is 1. The quantitative estimate of drug-likeness (QED) is 0.683. The van der Waals surface area contributed by atoms with E-state index in [0.29, 0.717) is 24.2 Å². The lowest BCUT2D eigenvalue weighted by molar-refractivity contribution is 0.0942. The van der Waals surface area contributed by atoms with Crippen molar-refractivity contribution in [1.29, 1.82) is 0 Å². The van der Waals surface area contributed by atoms with Crippen molar-refractivity contribution < 1.29 is 4.79 Å². The van der Waals surface area contributed by atoms with Crippen LogP contribution in [0.1, 0.15) is 54.6 Å². The van der Waals surface area contributed by atoms with E-state index in [0.717, 1.165) is 19.4 Å². The van der Waals surface area contributed by atoms with Crippen LogP contribution in [0.15, 0.2) is 36.5 Å². The van der Waals surface area contributed by atoms with Crippen molar-refractivity contribution in [2.45, 2.75) is 63.6 Å². The Morgan fingerprint density at radius 2 is 2.00 bits per heavy atom. The number of benzene rings is 1. The highest BCUT2D eigenvalue weighted by molar-refractivity contribution is 5.91. The third kappa shape index (κ3) is 4.77. The molecule has 1 aliphatic heterocycles. The van der Waals surface area contributed by atoms with Gasteiger partial charge >= 0.3 is 0 Å². The van der Waals surface area contributed by atoms with E-state index in [4.69, 9.17) is 0 Å². The van der Waals surface area contributed by atoms with E-state index in [1.807, 2.05) is 6.07 Å². The Hall–Kier alpha value is -2.25. The largest absolute Gasteiger partial charge is 0.349 e. The molecule has 3 unspecified atom stereocenters. The first-order chi connectivity index (χ1) is 13.8. The Morgan fingerprint density at radius 1 is 1.14 bits per heavy atom. The number of hydrazine groups is 1. The summed E-state index contributed by atoms with van der Waals surface area (Å²) >= 11 is 0. The molecule has 150 valence electrons. The predicted molar refractivity (Wildman–Crippen MR) is 108 cm³/mol. The minimum atomic E-state index is -0.145. The van der Waals surface area contributed by atoms with Gasteiger partial charge in [-0.1, -0.05) is 54.8 Å². The zero-order chi connectivity index (χ0) is 19.2. The predicted octanol–water partition coefficient (Wildman–Crippen LogP) is 2.07. The Kier molecular flexibility index (Phi) is 6.34. The van der Waals surface area contributed by atoms with Gasteiger partial charge in [0.25, 0.3) is 5.91 Å². The standard InChI is InChI=1S/C21H30N6O/c28-21(22-14-19-17-11-5-2-6-12-18(17)23-24-19)20-15-27(26-25-20)13-7-10-16-8-3-1-4-9-16/h1,3-4,8-9,15,17-19,23-24H,2,5-7,10-14H2,(H,22,28). The van der Waals surface area contributed by atoms with Gasteiger partial charge in [0.05, 0.1) is 6.20 Å². The van der Waals surface area contributed by atoms with E-state index in [1.165, 1.54) is 37.7 Å². The average Bonchev–Trinajstić information content (AvgIpc) is 3.28. The molecule has 1 saturated carbocycles. The number of nitrogens with one attached hydrogen (secondary N) is 3. The Balaban J connectivity index is 1.23. The molecule has 2 heterocycles. The first kappa shape index (κ1) is 19.1. The van der Waals surface area contributed by atoms with Crippen LogP contribution < -0.4 is 16.2 Å². The van der Waals surface area contributed by atoms with Gasteiger partial charge in [0.1, 0.15) is 0 Å². The molecule has 4 rings (SSSR count). The highest BCUT2D eigenvalue weighted by Gasteiger charge is 2.36. The van der Waals surface area contributed by atoms with Crippen molar-refractivity contribution in [2.24, 2.45) is 5.92 Å². The van der Waals surface area contributed by atoms with Crippen LogP contribution in [-0.2, 0) is 13.0 Å². The molecular weight excluding hydrogens is 352 g/mol. The van der Waals surface area contributed by atoms with Gasteiger partial charge in [0, 0.05) is 25.2 Å². The SMILES string of the molecule is O=C(NCC1NNC2CCCCCC21)c1cn(CCCc2ccccc2)nn1. The molecule has 1 aromatic carbocycles. The molecule has 7 nitrogen and oxygen atoms in total. The number of hydrogen-bond acceptors (Lipinski definition) is 5. The summed E-state index contributed by atoms with van der Waals surface area (Å²) in [7, 11) is 0. The number of carbonyl (C=O) groups excluding carboxylic acids is 1. The Bertz CT molecular complexity index is 761. The fourth-order valence-electron chi connectivity index (χ4n) is 4.42. The lowest BCUT2D eigenvalue weighted by Gasteiger charge is -2.20. The monoisotopic (exact) mass is 382 g/mol. The highest BCUT2D eigenvalue weighted by Crippen LogP contribution is 2.28. The van der Waals surface area contributed by atoms with Crippen molar-refractivity contribution in [1.82, 2.24) is 31.2 Å². The van der Waals surface area contributed by atoms with Crippen molar-refractivity contribution in [3.8, 4) is 0 Å². The molecule has 2 aliphatic rings. The highest BCUT2D eigenvalue weighted by atomic mass is 16.2. The van der Waals surface area contributed by atoms with Crippen LogP contribution in [-0.4, -0.2) is 39.5 Å². The second-order valence-electron chi connectivity index (χ2n) is 7.97. The summed E-state index contributed by atoms with van der Waals surface area (Å²) < 4.78 is 1.76. The molecular formula is C21H30N6O. The molecule has 1 amide bonds. The molecule has 1 aliphatic carbocycles. The molecule has 0 spiro atoms. The van der Waals surface area contributed by atoms with Gasteiger partial charge in [0.15, 0.2) is 5.69 Å². The van der Waals surface area contributed by atoms with E-state index in [1.54, 1.807) is 10.9 Å². The van der Waals surface area contributed by atoms with Gasteiger partial charge in [0.2, 0.25) is 0 Å². The minimum absolute atomic E-state index is 0.145. The zero-order valence-electron chi connectivity index (χ0n) is 16.3. The third-order valence-corrected chi connectivity index (χ3v) is 5.99. The molecule has 1 saturated heterocycles. The fraction of sp³-hybridized carbons (Fsp3) is 0.571. The topological polar surface area (TPSA) is 83.9 Å². The number of aryl methyl sites for hydroxylation is 2. The Labute approximate surface area is 166 Å². The fourth-order valence-corrected chi connectivity index (χ4v) is 4.42. The average molecular weight is 383 g/mol. The van der Waals surface area contributed by atoms with Crippen molar-refractivity contribution in [2.75, 3.05) is 6.54 Å². The van der Waals surface area contributed by atoms with Crippen LogP contribution in [0.5, 0.6) is 0 Å². The van der Waals surface area contributed by atoms with Crippen LogP contribution in [0.4, 0.5) is 0 Å². The maximum Gasteiger partial charge on any atom is 0.273 e. The minimum Gasteiger partial charge on any atom is -0.349 e. The summed E-state index contributed by atoms with van der Waals surface area (Å²) in [5.41, 5.74) is 8.50. The molecule has 0 bridgehead atoms. The number of aromatic nitrogens is 3. The van der Waals surface area contributed by atoms with E-state index < -0.39 is 0 Å². The third-order valence-electron chi connectivity index (χ3n) is 5.99. The summed E-state index contributed by atoms with van der Waals surface area (Å²) in [5.74, 6) is 0.449. The molecule has 3 atom stereocenters. The summed E-state index contributed by atoms with van der Waals surface area (Å²) in [4.78, 5) is 12.5. The summed E-state index contributed by atoms with van der Waals surface area (Å²) in [6, 6.07) is 11.2. The molecule has 3 N–H and O–H groups in total. The van der Waals surface area contributed by atoms with Crippen LogP contribution >= 0.6 is 0 Å². The van der Waals surface area contributed by atoms with Crippen LogP contribution in [0.3, 0.4) is 0 Å². The van der Waals surface area contributed by atoms with Gasteiger partial charge in [-0.05, 0) is 37.2 Å². The van der Waals surface area contributed by atoms with E-state index >= 15 is 0 Å². The number of nitrogens with zero attached hydrogens (tertiary/aromatic N) is 3. The lowest BCUT2D eigenvalue weighted by atomic mass is 9.90. The maximum atomic E-state index is 12.5. The zero-order valence-corrected chi connectivity index (χ0v) is 16.3.